The Morgan fingerprint density at radius 1 is 0.941 bits per heavy atom. The van der Waals surface area contributed by atoms with Gasteiger partial charge in [0.05, 0.1) is 11.2 Å². The molecule has 34 heavy (non-hydrogen) atoms. The Kier molecular flexibility index (Phi) is 7.12. The fourth-order valence-corrected chi connectivity index (χ4v) is 4.22. The van der Waals surface area contributed by atoms with Gasteiger partial charge in [-0.25, -0.2) is 0 Å². The number of benzene rings is 3. The van der Waals surface area contributed by atoms with Gasteiger partial charge in [0.15, 0.2) is 0 Å². The van der Waals surface area contributed by atoms with Crippen molar-refractivity contribution in [2.75, 3.05) is 18.0 Å². The number of aryl methyl sites for hydroxylation is 1. The topological polar surface area (TPSA) is 100.0 Å². The third kappa shape index (κ3) is 6.11. The molecule has 1 aromatic heterocycles. The highest BCUT2D eigenvalue weighted by molar-refractivity contribution is 7.79. The van der Waals surface area contributed by atoms with E-state index in [1.807, 2.05) is 36.4 Å². The summed E-state index contributed by atoms with van der Waals surface area (Å²) in [7, 11) is -4.67. The van der Waals surface area contributed by atoms with E-state index in [9.17, 15) is 0 Å². The molecule has 2 N–H and O–H groups in total. The second-order valence-electron chi connectivity index (χ2n) is 8.04. The highest BCUT2D eigenvalue weighted by atomic mass is 32.3. The number of hydrogen-bond acceptors (Lipinski definition) is 5. The number of para-hydroxylation sites is 1. The van der Waals surface area contributed by atoms with Gasteiger partial charge < -0.3 is 9.64 Å². The number of hydrogen-bond donors (Lipinski definition) is 2. The monoisotopic (exact) mass is 478 g/mol. The van der Waals surface area contributed by atoms with Gasteiger partial charge in [0.2, 0.25) is 0 Å². The van der Waals surface area contributed by atoms with Crippen molar-refractivity contribution in [2.45, 2.75) is 19.8 Å². The van der Waals surface area contributed by atoms with Crippen molar-refractivity contribution < 1.29 is 22.3 Å². The molecule has 0 amide bonds. The van der Waals surface area contributed by atoms with E-state index in [0.29, 0.717) is 0 Å². The Bertz CT molecular complexity index is 1370. The summed E-state index contributed by atoms with van der Waals surface area (Å²) >= 11 is 0. The van der Waals surface area contributed by atoms with E-state index < -0.39 is 10.4 Å². The standard InChI is InChI=1S/C26H24N2O.H2O4S/c1-19-23-15-17-28(16-14-20-8-4-2-5-9-20)26(23)24-18-22(12-13-25(24)27-19)29-21-10-6-3-7-11-21;1-5(2,3)4/h2-13,18H,14-17H2,1H3;(H2,1,2,3,4). The van der Waals surface area contributed by atoms with E-state index in [4.69, 9.17) is 27.2 Å². The quantitative estimate of drug-likeness (QED) is 0.376. The van der Waals surface area contributed by atoms with Gasteiger partial charge in [0.25, 0.3) is 0 Å². The number of ether oxygens (including phenoxy) is 1. The van der Waals surface area contributed by atoms with E-state index in [2.05, 4.69) is 54.3 Å². The molecule has 0 fully saturated rings. The molecule has 176 valence electrons. The third-order valence-corrected chi connectivity index (χ3v) is 5.67. The number of nitrogens with zero attached hydrogens (tertiary/aromatic N) is 2. The summed E-state index contributed by atoms with van der Waals surface area (Å²) in [6.45, 7) is 4.19. The first-order valence-corrected chi connectivity index (χ1v) is 12.3. The molecule has 1 aliphatic rings. The van der Waals surface area contributed by atoms with Crippen LogP contribution in [-0.4, -0.2) is 35.6 Å². The van der Waals surface area contributed by atoms with Gasteiger partial charge in [-0.1, -0.05) is 48.5 Å². The van der Waals surface area contributed by atoms with Crippen LogP contribution in [0.25, 0.3) is 10.9 Å². The molecule has 2 heterocycles. The maximum atomic E-state index is 8.74. The van der Waals surface area contributed by atoms with Crippen LogP contribution >= 0.6 is 0 Å². The number of rotatable bonds is 5. The zero-order chi connectivity index (χ0) is 24.1. The Labute approximate surface area is 199 Å². The van der Waals surface area contributed by atoms with Crippen molar-refractivity contribution in [3.8, 4) is 11.5 Å². The summed E-state index contributed by atoms with van der Waals surface area (Å²) in [5.74, 6) is 1.70. The van der Waals surface area contributed by atoms with E-state index in [1.54, 1.807) is 0 Å². The first kappa shape index (κ1) is 23.7. The van der Waals surface area contributed by atoms with Gasteiger partial charge in [-0.15, -0.1) is 0 Å². The SMILES string of the molecule is Cc1nc2ccc(Oc3ccccc3)cc2c2c1CCN2CCc1ccccc1.O=S(=O)(O)O. The van der Waals surface area contributed by atoms with Crippen molar-refractivity contribution in [3.63, 3.8) is 0 Å². The lowest BCUT2D eigenvalue weighted by Gasteiger charge is -2.22. The van der Waals surface area contributed by atoms with Gasteiger partial charge in [-0.2, -0.15) is 8.42 Å². The molecule has 0 saturated carbocycles. The normalized spacial score (nSPS) is 12.7. The minimum absolute atomic E-state index is 0.851. The van der Waals surface area contributed by atoms with Crippen molar-refractivity contribution in [2.24, 2.45) is 0 Å². The maximum absolute atomic E-state index is 8.74. The lowest BCUT2D eigenvalue weighted by molar-refractivity contribution is 0.381. The number of anilines is 1. The van der Waals surface area contributed by atoms with Gasteiger partial charge in [-0.05, 0) is 61.2 Å². The largest absolute Gasteiger partial charge is 0.457 e. The lowest BCUT2D eigenvalue weighted by atomic mass is 10.1. The molecule has 0 saturated heterocycles. The van der Waals surface area contributed by atoms with Crippen LogP contribution in [0.1, 0.15) is 16.8 Å². The molecule has 4 aromatic rings. The van der Waals surface area contributed by atoms with E-state index in [0.717, 1.165) is 48.6 Å². The summed E-state index contributed by atoms with van der Waals surface area (Å²) in [6, 6.07) is 26.9. The van der Waals surface area contributed by atoms with Crippen LogP contribution in [0.5, 0.6) is 11.5 Å². The van der Waals surface area contributed by atoms with E-state index in [-0.39, 0.29) is 0 Å². The molecule has 0 atom stereocenters. The first-order chi connectivity index (χ1) is 16.3. The van der Waals surface area contributed by atoms with Gasteiger partial charge in [0, 0.05) is 24.2 Å². The molecule has 0 spiro atoms. The molecule has 0 unspecified atom stereocenters. The van der Waals surface area contributed by atoms with Crippen LogP contribution in [0.4, 0.5) is 5.69 Å². The van der Waals surface area contributed by atoms with Crippen molar-refractivity contribution in [1.29, 1.82) is 0 Å². The molecular weight excluding hydrogens is 452 g/mol. The van der Waals surface area contributed by atoms with Crippen LogP contribution in [0, 0.1) is 6.92 Å². The second-order valence-corrected chi connectivity index (χ2v) is 8.93. The zero-order valence-electron chi connectivity index (χ0n) is 18.8. The fraction of sp³-hybridized carbons (Fsp3) is 0.192. The molecule has 8 heteroatoms. The van der Waals surface area contributed by atoms with Gasteiger partial charge in [0.1, 0.15) is 11.5 Å². The summed E-state index contributed by atoms with van der Waals surface area (Å²) in [5.41, 5.74) is 6.27. The summed E-state index contributed by atoms with van der Waals surface area (Å²) < 4.78 is 37.7. The van der Waals surface area contributed by atoms with Crippen molar-refractivity contribution in [1.82, 2.24) is 4.98 Å². The Balaban J connectivity index is 0.000000499. The first-order valence-electron chi connectivity index (χ1n) is 10.9. The Hall–Kier alpha value is -3.46. The van der Waals surface area contributed by atoms with Crippen molar-refractivity contribution in [3.05, 3.63) is 95.7 Å². The molecule has 0 bridgehead atoms. The minimum atomic E-state index is -4.67. The molecule has 3 aromatic carbocycles. The molecule has 5 rings (SSSR count). The van der Waals surface area contributed by atoms with Crippen LogP contribution in [0.2, 0.25) is 0 Å². The minimum Gasteiger partial charge on any atom is -0.457 e. The average molecular weight is 479 g/mol. The molecule has 0 aliphatic carbocycles. The van der Waals surface area contributed by atoms with Crippen LogP contribution in [0.3, 0.4) is 0 Å². The van der Waals surface area contributed by atoms with E-state index >= 15 is 0 Å². The third-order valence-electron chi connectivity index (χ3n) is 5.67. The van der Waals surface area contributed by atoms with Crippen molar-refractivity contribution >= 4 is 27.0 Å². The molecular formula is C26H26N2O5S. The second kappa shape index (κ2) is 10.2. The van der Waals surface area contributed by atoms with Crippen LogP contribution in [0.15, 0.2) is 78.9 Å². The number of fused-ring (bicyclic) bond motifs is 3. The lowest BCUT2D eigenvalue weighted by Crippen LogP contribution is -2.23. The van der Waals surface area contributed by atoms with Gasteiger partial charge >= 0.3 is 10.4 Å². The fourth-order valence-electron chi connectivity index (χ4n) is 4.22. The maximum Gasteiger partial charge on any atom is 0.394 e. The van der Waals surface area contributed by atoms with Crippen LogP contribution < -0.4 is 9.64 Å². The van der Waals surface area contributed by atoms with Crippen LogP contribution in [-0.2, 0) is 23.2 Å². The predicted octanol–water partition coefficient (Wildman–Crippen LogP) is 5.29. The summed E-state index contributed by atoms with van der Waals surface area (Å²) in [5, 5.41) is 1.18. The highest BCUT2D eigenvalue weighted by Crippen LogP contribution is 2.38. The zero-order valence-corrected chi connectivity index (χ0v) is 19.6. The molecule has 0 radical (unpaired) electrons. The predicted molar refractivity (Wildman–Crippen MR) is 133 cm³/mol. The number of pyridine rings is 1. The summed E-state index contributed by atoms with van der Waals surface area (Å²) in [6.07, 6.45) is 2.10. The number of aromatic nitrogens is 1. The Morgan fingerprint density at radius 3 is 2.26 bits per heavy atom. The highest BCUT2D eigenvalue weighted by Gasteiger charge is 2.24. The summed E-state index contributed by atoms with van der Waals surface area (Å²) in [4.78, 5) is 7.39. The van der Waals surface area contributed by atoms with E-state index in [1.165, 1.54) is 22.2 Å². The van der Waals surface area contributed by atoms with Gasteiger partial charge in [-0.3, -0.25) is 14.1 Å². The smallest absolute Gasteiger partial charge is 0.394 e. The Morgan fingerprint density at radius 2 is 1.59 bits per heavy atom. The molecule has 7 nitrogen and oxygen atoms in total. The molecule has 1 aliphatic heterocycles. The average Bonchev–Trinajstić information content (AvgIpc) is 3.24.